The average Bonchev–Trinajstić information content (AvgIpc) is 3.19. The summed E-state index contributed by atoms with van der Waals surface area (Å²) in [7, 11) is 2.21. The van der Waals surface area contributed by atoms with Gasteiger partial charge in [-0.25, -0.2) is 0 Å². The van der Waals surface area contributed by atoms with E-state index in [1.807, 2.05) is 12.1 Å². The third-order valence-electron chi connectivity index (χ3n) is 5.97. The van der Waals surface area contributed by atoms with Crippen LogP contribution in [0.1, 0.15) is 18.5 Å². The summed E-state index contributed by atoms with van der Waals surface area (Å²) in [5.74, 6) is 1.06. The molecule has 2 amide bonds. The van der Waals surface area contributed by atoms with Crippen LogP contribution in [0.15, 0.2) is 54.6 Å². The molecule has 0 spiro atoms. The number of carbonyl (C=O) groups is 2. The first-order valence-electron chi connectivity index (χ1n) is 10.1. The molecule has 4 rings (SSSR count). The Balaban J connectivity index is 1.33. The third kappa shape index (κ3) is 4.49. The second-order valence-corrected chi connectivity index (χ2v) is 8.22. The molecule has 3 unspecified atom stereocenters. The Labute approximate surface area is 171 Å². The monoisotopic (exact) mass is 392 g/mol. The first-order chi connectivity index (χ1) is 14.0. The molecule has 29 heavy (non-hydrogen) atoms. The first kappa shape index (κ1) is 19.6. The number of hydrogen-bond acceptors (Lipinski definition) is 4. The maximum Gasteiger partial charge on any atom is 0.238 e. The molecule has 0 bridgehead atoms. The predicted octanol–water partition coefficient (Wildman–Crippen LogP) is 2.82. The summed E-state index contributed by atoms with van der Waals surface area (Å²) in [6.07, 6.45) is 0. The largest absolute Gasteiger partial charge is 0.326 e. The lowest BCUT2D eigenvalue weighted by Gasteiger charge is -2.26. The van der Waals surface area contributed by atoms with Gasteiger partial charge < -0.3 is 10.6 Å². The van der Waals surface area contributed by atoms with E-state index in [2.05, 4.69) is 57.8 Å². The van der Waals surface area contributed by atoms with Gasteiger partial charge in [0.2, 0.25) is 11.8 Å². The summed E-state index contributed by atoms with van der Waals surface area (Å²) < 4.78 is 0. The van der Waals surface area contributed by atoms with E-state index < -0.39 is 0 Å². The second kappa shape index (κ2) is 8.35. The van der Waals surface area contributed by atoms with Crippen LogP contribution in [0.4, 0.5) is 11.4 Å². The Morgan fingerprint density at radius 3 is 2.24 bits per heavy atom. The number of hydrogen-bond donors (Lipinski definition) is 2. The normalized spacial score (nSPS) is 24.3. The van der Waals surface area contributed by atoms with Crippen molar-refractivity contribution in [1.29, 1.82) is 0 Å². The van der Waals surface area contributed by atoms with Crippen molar-refractivity contribution in [3.8, 4) is 0 Å². The zero-order valence-corrected chi connectivity index (χ0v) is 17.0. The summed E-state index contributed by atoms with van der Waals surface area (Å²) in [4.78, 5) is 28.4. The molecule has 2 fully saturated rings. The van der Waals surface area contributed by atoms with Crippen molar-refractivity contribution in [3.05, 3.63) is 60.2 Å². The molecule has 2 aliphatic heterocycles. The Morgan fingerprint density at radius 2 is 1.59 bits per heavy atom. The summed E-state index contributed by atoms with van der Waals surface area (Å²) in [5, 5.41) is 5.69. The molecular formula is C23H28N4O2. The van der Waals surface area contributed by atoms with Crippen LogP contribution in [0.2, 0.25) is 0 Å². The van der Waals surface area contributed by atoms with Crippen molar-refractivity contribution in [2.75, 3.05) is 43.9 Å². The molecule has 2 heterocycles. The van der Waals surface area contributed by atoms with E-state index in [0.717, 1.165) is 31.0 Å². The minimum Gasteiger partial charge on any atom is -0.326 e. The Bertz CT molecular complexity index is 868. The van der Waals surface area contributed by atoms with Gasteiger partial charge in [0.25, 0.3) is 0 Å². The van der Waals surface area contributed by atoms with Crippen molar-refractivity contribution in [3.63, 3.8) is 0 Å². The fraction of sp³-hybridized carbons (Fsp3) is 0.391. The van der Waals surface area contributed by atoms with Crippen molar-refractivity contribution < 1.29 is 9.59 Å². The van der Waals surface area contributed by atoms with Gasteiger partial charge in [-0.1, -0.05) is 30.3 Å². The van der Waals surface area contributed by atoms with Crippen LogP contribution in [-0.4, -0.2) is 54.8 Å². The van der Waals surface area contributed by atoms with Crippen molar-refractivity contribution >= 4 is 23.2 Å². The van der Waals surface area contributed by atoms with Crippen LogP contribution in [0, 0.1) is 11.8 Å². The van der Waals surface area contributed by atoms with E-state index >= 15 is 0 Å². The quantitative estimate of drug-likeness (QED) is 0.821. The fourth-order valence-electron chi connectivity index (χ4n) is 4.87. The number of nitrogens with one attached hydrogen (secondary N) is 2. The van der Waals surface area contributed by atoms with Gasteiger partial charge in [-0.15, -0.1) is 0 Å². The van der Waals surface area contributed by atoms with E-state index in [-0.39, 0.29) is 11.8 Å². The highest BCUT2D eigenvalue weighted by molar-refractivity contribution is 5.93. The molecule has 2 N–H and O–H groups in total. The second-order valence-electron chi connectivity index (χ2n) is 8.22. The Hall–Kier alpha value is -2.70. The van der Waals surface area contributed by atoms with Gasteiger partial charge in [0.1, 0.15) is 0 Å². The maximum absolute atomic E-state index is 12.5. The molecule has 0 saturated carbocycles. The number of carbonyl (C=O) groups excluding carboxylic acids is 2. The number of nitrogens with zero attached hydrogens (tertiary/aromatic N) is 2. The molecule has 2 saturated heterocycles. The van der Waals surface area contributed by atoms with Gasteiger partial charge in [-0.3, -0.25) is 19.4 Å². The van der Waals surface area contributed by atoms with Gasteiger partial charge in [0.05, 0.1) is 6.54 Å². The molecule has 2 aliphatic rings. The van der Waals surface area contributed by atoms with E-state index in [1.165, 1.54) is 12.5 Å². The van der Waals surface area contributed by atoms with Gasteiger partial charge in [-0.05, 0) is 48.7 Å². The summed E-state index contributed by atoms with van der Waals surface area (Å²) >= 11 is 0. The van der Waals surface area contributed by atoms with E-state index in [9.17, 15) is 9.59 Å². The SMILES string of the molecule is CC(=O)Nc1ccc(NC(=O)CN2CC3CN(C)C(c4ccccc4)C3C2)cc1. The smallest absolute Gasteiger partial charge is 0.238 e. The van der Waals surface area contributed by atoms with Gasteiger partial charge in [0.15, 0.2) is 0 Å². The fourth-order valence-corrected chi connectivity index (χ4v) is 4.87. The van der Waals surface area contributed by atoms with E-state index in [0.29, 0.717) is 24.4 Å². The lowest BCUT2D eigenvalue weighted by atomic mass is 9.90. The highest BCUT2D eigenvalue weighted by Gasteiger charge is 2.46. The van der Waals surface area contributed by atoms with Crippen LogP contribution in [0.3, 0.4) is 0 Å². The lowest BCUT2D eigenvalue weighted by molar-refractivity contribution is -0.117. The lowest BCUT2D eigenvalue weighted by Crippen LogP contribution is -2.34. The summed E-state index contributed by atoms with van der Waals surface area (Å²) in [6.45, 7) is 4.87. The number of rotatable bonds is 5. The Morgan fingerprint density at radius 1 is 0.931 bits per heavy atom. The number of benzene rings is 2. The molecule has 6 heteroatoms. The molecule has 2 aromatic carbocycles. The highest BCUT2D eigenvalue weighted by Crippen LogP contribution is 2.43. The molecule has 3 atom stereocenters. The average molecular weight is 393 g/mol. The summed E-state index contributed by atoms with van der Waals surface area (Å²) in [5.41, 5.74) is 2.83. The third-order valence-corrected chi connectivity index (χ3v) is 5.97. The molecule has 152 valence electrons. The minimum atomic E-state index is -0.110. The number of amides is 2. The number of likely N-dealkylation sites (tertiary alicyclic amines) is 2. The molecule has 0 aliphatic carbocycles. The van der Waals surface area contributed by atoms with E-state index in [1.54, 1.807) is 12.1 Å². The van der Waals surface area contributed by atoms with Gasteiger partial charge in [0, 0.05) is 44.0 Å². The predicted molar refractivity (Wildman–Crippen MR) is 115 cm³/mol. The first-order valence-corrected chi connectivity index (χ1v) is 10.1. The zero-order chi connectivity index (χ0) is 20.4. The standard InChI is InChI=1S/C23H28N4O2/c1-16(28)24-19-8-10-20(11-9-19)25-22(29)15-27-13-18-12-26(2)23(21(18)14-27)17-6-4-3-5-7-17/h3-11,18,21,23H,12-15H2,1-2H3,(H,24,28)(H,25,29). The van der Waals surface area contributed by atoms with Crippen molar-refractivity contribution in [2.45, 2.75) is 13.0 Å². The maximum atomic E-state index is 12.5. The van der Waals surface area contributed by atoms with Crippen LogP contribution in [0.25, 0.3) is 0 Å². The summed E-state index contributed by atoms with van der Waals surface area (Å²) in [6, 6.07) is 18.3. The van der Waals surface area contributed by atoms with Crippen molar-refractivity contribution in [1.82, 2.24) is 9.80 Å². The Kier molecular flexibility index (Phi) is 5.65. The minimum absolute atomic E-state index is 0.00173. The highest BCUT2D eigenvalue weighted by atomic mass is 16.2. The molecular weight excluding hydrogens is 364 g/mol. The molecule has 6 nitrogen and oxygen atoms in total. The van der Waals surface area contributed by atoms with Crippen LogP contribution < -0.4 is 10.6 Å². The van der Waals surface area contributed by atoms with E-state index in [4.69, 9.17) is 0 Å². The molecule has 2 aromatic rings. The van der Waals surface area contributed by atoms with Gasteiger partial charge >= 0.3 is 0 Å². The number of anilines is 2. The van der Waals surface area contributed by atoms with Crippen LogP contribution >= 0.6 is 0 Å². The number of fused-ring (bicyclic) bond motifs is 1. The van der Waals surface area contributed by atoms with Crippen LogP contribution in [-0.2, 0) is 9.59 Å². The van der Waals surface area contributed by atoms with Gasteiger partial charge in [-0.2, -0.15) is 0 Å². The van der Waals surface area contributed by atoms with Crippen molar-refractivity contribution in [2.24, 2.45) is 11.8 Å². The zero-order valence-electron chi connectivity index (χ0n) is 17.0. The topological polar surface area (TPSA) is 64.7 Å². The van der Waals surface area contributed by atoms with Crippen LogP contribution in [0.5, 0.6) is 0 Å². The molecule has 0 aromatic heterocycles. The molecule has 0 radical (unpaired) electrons.